The van der Waals surface area contributed by atoms with Gasteiger partial charge in [-0.3, -0.25) is 9.59 Å². The molecule has 2 amide bonds. The quantitative estimate of drug-likeness (QED) is 0.407. The summed E-state index contributed by atoms with van der Waals surface area (Å²) in [7, 11) is 0. The topological polar surface area (TPSA) is 81.9 Å². The Labute approximate surface area is 204 Å². The van der Waals surface area contributed by atoms with Crippen LogP contribution in [0.2, 0.25) is 0 Å². The highest BCUT2D eigenvalue weighted by atomic mass is 16.7. The van der Waals surface area contributed by atoms with E-state index >= 15 is 0 Å². The number of hydrogen-bond donors (Lipinski definition) is 1. The average Bonchev–Trinajstić information content (AvgIpc) is 2.80. The minimum atomic E-state index is -0.805. The lowest BCUT2D eigenvalue weighted by Crippen LogP contribution is -2.36. The van der Waals surface area contributed by atoms with Crippen LogP contribution in [0.4, 0.5) is 5.69 Å². The molecule has 2 aromatic rings. The maximum atomic E-state index is 12.7. The summed E-state index contributed by atoms with van der Waals surface area (Å²) in [4.78, 5) is 30.8. The Hall–Kier alpha value is -3.02. The minimum absolute atomic E-state index is 0.0156. The predicted octanol–water partition coefficient (Wildman–Crippen LogP) is 6.05. The van der Waals surface area contributed by atoms with E-state index in [9.17, 15) is 9.59 Å². The van der Waals surface area contributed by atoms with E-state index in [-0.39, 0.29) is 16.7 Å². The Bertz CT molecular complexity index is 1010. The average molecular weight is 469 g/mol. The van der Waals surface area contributed by atoms with E-state index in [0.29, 0.717) is 23.6 Å². The van der Waals surface area contributed by atoms with Crippen LogP contribution in [0.5, 0.6) is 11.5 Å². The maximum absolute atomic E-state index is 12.7. The maximum Gasteiger partial charge on any atom is 0.258 e. The van der Waals surface area contributed by atoms with Crippen LogP contribution < -0.4 is 20.4 Å². The van der Waals surface area contributed by atoms with Crippen LogP contribution in [0.3, 0.4) is 0 Å². The predicted molar refractivity (Wildman–Crippen MR) is 137 cm³/mol. The van der Waals surface area contributed by atoms with E-state index in [1.165, 1.54) is 17.6 Å². The molecule has 2 rings (SSSR count). The molecule has 1 atom stereocenters. The summed E-state index contributed by atoms with van der Waals surface area (Å²) < 4.78 is 5.87. The number of hydrogen-bond acceptors (Lipinski definition) is 4. The zero-order valence-electron chi connectivity index (χ0n) is 21.9. The van der Waals surface area contributed by atoms with Crippen molar-refractivity contribution in [1.82, 2.24) is 0 Å². The third-order valence-electron chi connectivity index (χ3n) is 6.77. The van der Waals surface area contributed by atoms with Crippen molar-refractivity contribution in [3.8, 4) is 11.5 Å². The molecule has 2 N–H and O–H groups in total. The highest BCUT2D eigenvalue weighted by Gasteiger charge is 2.29. The van der Waals surface area contributed by atoms with Crippen LogP contribution in [-0.2, 0) is 20.4 Å². The van der Waals surface area contributed by atoms with Crippen molar-refractivity contribution in [2.45, 2.75) is 91.6 Å². The number of primary amides is 1. The van der Waals surface area contributed by atoms with Gasteiger partial charge in [-0.05, 0) is 53.9 Å². The molecular formula is C28H40N2O4. The number of carbonyl (C=O) groups excluding carboxylic acids is 2. The van der Waals surface area contributed by atoms with Gasteiger partial charge in [-0.25, -0.2) is 0 Å². The van der Waals surface area contributed by atoms with Crippen molar-refractivity contribution in [3.63, 3.8) is 0 Å². The minimum Gasteiger partial charge on any atom is -0.478 e. The standard InChI is InChI=1S/C28H40N2O4/c1-9-23(26(29)32)33-25-15-13-12-14-22(25)30(19(4)31)34-24-17-16-20(27(5,6)10-2)18-21(24)28(7,8)11-3/h12-18,23H,9-11H2,1-8H3,(H2,29,32). The second kappa shape index (κ2) is 10.9. The van der Waals surface area contributed by atoms with Crippen LogP contribution in [0.1, 0.15) is 85.8 Å². The van der Waals surface area contributed by atoms with E-state index in [4.69, 9.17) is 15.3 Å². The summed E-state index contributed by atoms with van der Waals surface area (Å²) in [6.45, 7) is 16.4. The van der Waals surface area contributed by atoms with Crippen LogP contribution in [0.15, 0.2) is 42.5 Å². The van der Waals surface area contributed by atoms with Gasteiger partial charge in [-0.2, -0.15) is 0 Å². The lowest BCUT2D eigenvalue weighted by atomic mass is 9.76. The SMILES string of the molecule is CCC(Oc1ccccc1N(Oc1ccc(C(C)(C)CC)cc1C(C)(C)CC)C(C)=O)C(N)=O. The summed E-state index contributed by atoms with van der Waals surface area (Å²) >= 11 is 0. The van der Waals surface area contributed by atoms with E-state index in [2.05, 4.69) is 53.7 Å². The van der Waals surface area contributed by atoms with Crippen LogP contribution in [0.25, 0.3) is 0 Å². The lowest BCUT2D eigenvalue weighted by Gasteiger charge is -2.32. The van der Waals surface area contributed by atoms with Crippen molar-refractivity contribution in [3.05, 3.63) is 53.6 Å². The Morgan fingerprint density at radius 1 is 0.941 bits per heavy atom. The molecule has 0 heterocycles. The molecule has 0 fully saturated rings. The molecule has 186 valence electrons. The molecule has 1 unspecified atom stereocenters. The highest BCUT2D eigenvalue weighted by molar-refractivity contribution is 5.91. The van der Waals surface area contributed by atoms with Crippen LogP contribution >= 0.6 is 0 Å². The number of hydroxylamine groups is 1. The van der Waals surface area contributed by atoms with Gasteiger partial charge in [0.1, 0.15) is 11.4 Å². The first-order valence-electron chi connectivity index (χ1n) is 12.1. The third kappa shape index (κ3) is 6.10. The number of carbonyl (C=O) groups is 2. The first kappa shape index (κ1) is 27.2. The van der Waals surface area contributed by atoms with Gasteiger partial charge in [0.15, 0.2) is 11.9 Å². The first-order chi connectivity index (χ1) is 15.9. The van der Waals surface area contributed by atoms with E-state index in [1.54, 1.807) is 24.3 Å². The normalized spacial score (nSPS) is 12.7. The smallest absolute Gasteiger partial charge is 0.258 e. The Morgan fingerprint density at radius 2 is 1.56 bits per heavy atom. The van der Waals surface area contributed by atoms with Crippen molar-refractivity contribution < 1.29 is 19.2 Å². The van der Waals surface area contributed by atoms with E-state index < -0.39 is 12.0 Å². The molecule has 0 aliphatic carbocycles. The molecule has 0 radical (unpaired) electrons. The Morgan fingerprint density at radius 3 is 2.09 bits per heavy atom. The fourth-order valence-corrected chi connectivity index (χ4v) is 3.56. The number of amides is 2. The van der Waals surface area contributed by atoms with Crippen molar-refractivity contribution in [2.24, 2.45) is 5.73 Å². The largest absolute Gasteiger partial charge is 0.478 e. The molecular weight excluding hydrogens is 428 g/mol. The summed E-state index contributed by atoms with van der Waals surface area (Å²) in [5.41, 5.74) is 7.98. The van der Waals surface area contributed by atoms with Gasteiger partial charge >= 0.3 is 0 Å². The van der Waals surface area contributed by atoms with E-state index in [0.717, 1.165) is 18.4 Å². The number of ether oxygens (including phenoxy) is 1. The van der Waals surface area contributed by atoms with Gasteiger partial charge in [0.2, 0.25) is 0 Å². The number of nitrogens with zero attached hydrogens (tertiary/aromatic N) is 1. The van der Waals surface area contributed by atoms with Crippen molar-refractivity contribution in [2.75, 3.05) is 5.06 Å². The molecule has 0 spiro atoms. The van der Waals surface area contributed by atoms with Gasteiger partial charge in [0.25, 0.3) is 11.8 Å². The highest BCUT2D eigenvalue weighted by Crippen LogP contribution is 2.40. The summed E-state index contributed by atoms with van der Waals surface area (Å²) in [5.74, 6) is 0.0768. The molecule has 0 saturated heterocycles. The molecule has 0 aliphatic heterocycles. The van der Waals surface area contributed by atoms with E-state index in [1.807, 2.05) is 13.0 Å². The summed E-state index contributed by atoms with van der Waals surface area (Å²) in [6, 6.07) is 13.2. The fraction of sp³-hybridized carbons (Fsp3) is 0.500. The molecule has 0 saturated carbocycles. The number of benzene rings is 2. The van der Waals surface area contributed by atoms with Crippen molar-refractivity contribution in [1.29, 1.82) is 0 Å². The molecule has 2 aromatic carbocycles. The summed E-state index contributed by atoms with van der Waals surface area (Å²) in [5, 5.41) is 1.22. The van der Waals surface area contributed by atoms with Gasteiger partial charge in [0.05, 0.1) is 0 Å². The monoisotopic (exact) mass is 468 g/mol. The van der Waals surface area contributed by atoms with Crippen LogP contribution in [0, 0.1) is 0 Å². The molecule has 6 heteroatoms. The molecule has 34 heavy (non-hydrogen) atoms. The van der Waals surface area contributed by atoms with Crippen LogP contribution in [-0.4, -0.2) is 17.9 Å². The van der Waals surface area contributed by atoms with Crippen molar-refractivity contribution >= 4 is 17.5 Å². The molecule has 0 aromatic heterocycles. The molecule has 0 bridgehead atoms. The Balaban J connectivity index is 2.58. The van der Waals surface area contributed by atoms with Gasteiger partial charge in [-0.15, -0.1) is 5.06 Å². The first-order valence-corrected chi connectivity index (χ1v) is 12.1. The van der Waals surface area contributed by atoms with Gasteiger partial charge < -0.3 is 15.3 Å². The molecule has 0 aliphatic rings. The fourth-order valence-electron chi connectivity index (χ4n) is 3.56. The lowest BCUT2D eigenvalue weighted by molar-refractivity contribution is -0.124. The second-order valence-corrected chi connectivity index (χ2v) is 9.98. The Kier molecular flexibility index (Phi) is 8.76. The third-order valence-corrected chi connectivity index (χ3v) is 6.77. The zero-order valence-corrected chi connectivity index (χ0v) is 21.9. The summed E-state index contributed by atoms with van der Waals surface area (Å²) in [6.07, 6.45) is 1.51. The zero-order chi connectivity index (χ0) is 25.7. The van der Waals surface area contributed by atoms with Gasteiger partial charge in [0, 0.05) is 12.5 Å². The number of para-hydroxylation sites is 2. The number of anilines is 1. The number of rotatable bonds is 11. The number of nitrogens with two attached hydrogens (primary N) is 1. The second-order valence-electron chi connectivity index (χ2n) is 9.98. The molecule has 6 nitrogen and oxygen atoms in total. The van der Waals surface area contributed by atoms with Gasteiger partial charge in [-0.1, -0.05) is 72.7 Å².